The van der Waals surface area contributed by atoms with E-state index in [9.17, 15) is 0 Å². The van der Waals surface area contributed by atoms with E-state index >= 15 is 0 Å². The highest BCUT2D eigenvalue weighted by Crippen LogP contribution is 2.54. The summed E-state index contributed by atoms with van der Waals surface area (Å²) in [6.07, 6.45) is 0. The van der Waals surface area contributed by atoms with E-state index in [2.05, 4.69) is 296 Å². The molecule has 0 aliphatic carbocycles. The van der Waals surface area contributed by atoms with Gasteiger partial charge in [0.2, 0.25) is 0 Å². The number of anilines is 9. The van der Waals surface area contributed by atoms with Crippen LogP contribution in [0.1, 0.15) is 52.7 Å². The minimum absolute atomic E-state index is 0.00847. The second kappa shape index (κ2) is 16.1. The molecule has 13 aromatic rings. The summed E-state index contributed by atoms with van der Waals surface area (Å²) in [7, 11) is 0. The van der Waals surface area contributed by atoms with Crippen molar-refractivity contribution >= 4 is 129 Å². The van der Waals surface area contributed by atoms with Crippen LogP contribution in [0.2, 0.25) is 0 Å². The third kappa shape index (κ3) is 6.31. The Hall–Kier alpha value is -9.26. The minimum Gasteiger partial charge on any atom is -0.311 e. The van der Waals surface area contributed by atoms with E-state index in [0.717, 1.165) is 34.1 Å². The molecule has 0 atom stereocenters. The Balaban J connectivity index is 1.05. The van der Waals surface area contributed by atoms with Gasteiger partial charge in [-0.25, -0.2) is 0 Å². The Morgan fingerprint density at radius 2 is 0.897 bits per heavy atom. The molecule has 5 heterocycles. The lowest BCUT2D eigenvalue weighted by molar-refractivity contribution is 0.590. The lowest BCUT2D eigenvalue weighted by Gasteiger charge is -2.47. The van der Waals surface area contributed by atoms with Gasteiger partial charge in [-0.15, -0.1) is 0 Å². The number of rotatable bonds is 5. The largest absolute Gasteiger partial charge is 0.311 e. The van der Waals surface area contributed by atoms with Crippen molar-refractivity contribution in [2.45, 2.75) is 52.4 Å². The summed E-state index contributed by atoms with van der Waals surface area (Å²) in [4.78, 5) is 7.68. The summed E-state index contributed by atoms with van der Waals surface area (Å²) in [6, 6.07) is 87.1. The third-order valence-corrected chi connectivity index (χ3v) is 17.2. The van der Waals surface area contributed by atoms with Crippen LogP contribution in [0.15, 0.2) is 231 Å². The zero-order valence-corrected chi connectivity index (χ0v) is 44.8. The predicted octanol–water partition coefficient (Wildman–Crippen LogP) is 17.5. The number of fused-ring (bicyclic) bond motifs is 13. The van der Waals surface area contributed by atoms with E-state index in [-0.39, 0.29) is 17.5 Å². The van der Waals surface area contributed by atoms with E-state index in [4.69, 9.17) is 0 Å². The number of aromatic nitrogens is 2. The summed E-state index contributed by atoms with van der Waals surface area (Å²) in [5.41, 5.74) is 24.0. The fourth-order valence-corrected chi connectivity index (χ4v) is 13.6. The quantitative estimate of drug-likeness (QED) is 0.160. The molecule has 5 nitrogen and oxygen atoms in total. The summed E-state index contributed by atoms with van der Waals surface area (Å²) in [5.74, 6) is 0. The van der Waals surface area contributed by atoms with E-state index in [1.807, 2.05) is 0 Å². The first-order valence-corrected chi connectivity index (χ1v) is 27.5. The van der Waals surface area contributed by atoms with Crippen molar-refractivity contribution in [1.82, 2.24) is 9.13 Å². The van der Waals surface area contributed by atoms with E-state index < -0.39 is 0 Å². The average Bonchev–Trinajstić information content (AvgIpc) is 4.08. The Bertz CT molecular complexity index is 4550. The summed E-state index contributed by atoms with van der Waals surface area (Å²) in [5, 5.41) is 7.48. The van der Waals surface area contributed by atoms with Crippen molar-refractivity contribution in [2.24, 2.45) is 0 Å². The van der Waals surface area contributed by atoms with Gasteiger partial charge >= 0.3 is 0 Å². The van der Waals surface area contributed by atoms with Crippen molar-refractivity contribution in [3.05, 3.63) is 242 Å². The molecule has 0 bridgehead atoms. The van der Waals surface area contributed by atoms with Gasteiger partial charge < -0.3 is 23.8 Å². The number of nitrogens with zero attached hydrogens (tertiary/aromatic N) is 5. The maximum Gasteiger partial charge on any atom is 0.252 e. The van der Waals surface area contributed by atoms with Crippen LogP contribution in [-0.4, -0.2) is 15.8 Å². The van der Waals surface area contributed by atoms with Crippen LogP contribution in [0.5, 0.6) is 0 Å². The predicted molar refractivity (Wildman–Crippen MR) is 332 cm³/mol. The van der Waals surface area contributed by atoms with Gasteiger partial charge in [-0.05, 0) is 141 Å². The van der Waals surface area contributed by atoms with Crippen molar-refractivity contribution in [3.63, 3.8) is 0 Å². The zero-order valence-electron chi connectivity index (χ0n) is 44.8. The molecule has 3 aliphatic heterocycles. The maximum atomic E-state index is 2.62. The maximum absolute atomic E-state index is 2.62. The Morgan fingerprint density at radius 3 is 1.59 bits per heavy atom. The molecule has 0 unspecified atom stereocenters. The lowest BCUT2D eigenvalue weighted by Crippen LogP contribution is -2.61. The molecule has 0 N–H and O–H groups in total. The molecular weight excluding hydrogens is 946 g/mol. The molecule has 11 aromatic carbocycles. The molecule has 2 aromatic heterocycles. The third-order valence-electron chi connectivity index (χ3n) is 17.2. The molecule has 0 spiro atoms. The van der Waals surface area contributed by atoms with Gasteiger partial charge in [0.1, 0.15) is 0 Å². The Morgan fingerprint density at radius 1 is 0.346 bits per heavy atom. The molecule has 0 saturated carbocycles. The smallest absolute Gasteiger partial charge is 0.252 e. The standard InChI is InChI=1S/C72H56BN5/c1-71(2,3)46-34-38-61-55(40-46)56-41-47(72(4,5)6)35-39-62(56)75(61)50-36-37-57-65(42-50)76(59-31-17-21-45-20-13-14-26-52(45)59)66-43-51(74(48-22-9-7-10-23-48)49-24-11-8-12-25-49)44-67-68(66)73(57)58-29-19-33-64-70(58)78(67)63-32-18-28-54-53-27-15-16-30-60(53)77(64)69(54)63/h7-44H,1-6H3. The van der Waals surface area contributed by atoms with E-state index in [1.54, 1.807) is 0 Å². The van der Waals surface area contributed by atoms with Crippen molar-refractivity contribution < 1.29 is 0 Å². The van der Waals surface area contributed by atoms with Gasteiger partial charge in [0.15, 0.2) is 0 Å². The molecule has 0 fully saturated rings. The van der Waals surface area contributed by atoms with Crippen LogP contribution in [0, 0.1) is 0 Å². The fraction of sp³-hybridized carbons (Fsp3) is 0.111. The first kappa shape index (κ1) is 45.0. The summed E-state index contributed by atoms with van der Waals surface area (Å²) < 4.78 is 5.07. The van der Waals surface area contributed by atoms with Crippen molar-refractivity contribution in [3.8, 4) is 11.4 Å². The first-order chi connectivity index (χ1) is 38.0. The van der Waals surface area contributed by atoms with Crippen LogP contribution < -0.4 is 31.1 Å². The Kier molecular flexibility index (Phi) is 9.31. The van der Waals surface area contributed by atoms with Crippen molar-refractivity contribution in [1.29, 1.82) is 0 Å². The van der Waals surface area contributed by atoms with Crippen LogP contribution in [-0.2, 0) is 10.8 Å². The fourth-order valence-electron chi connectivity index (χ4n) is 13.6. The molecule has 0 saturated heterocycles. The molecule has 0 radical (unpaired) electrons. The van der Waals surface area contributed by atoms with E-state index in [1.165, 1.54) is 110 Å². The molecule has 0 amide bonds. The monoisotopic (exact) mass is 1000 g/mol. The van der Waals surface area contributed by atoms with E-state index in [0.29, 0.717) is 0 Å². The number of benzene rings is 11. The first-order valence-electron chi connectivity index (χ1n) is 27.5. The summed E-state index contributed by atoms with van der Waals surface area (Å²) in [6.45, 7) is 13.8. The van der Waals surface area contributed by atoms with Gasteiger partial charge in [-0.3, -0.25) is 0 Å². The number of hydrogen-bond donors (Lipinski definition) is 0. The Labute approximate surface area is 455 Å². The highest BCUT2D eigenvalue weighted by molar-refractivity contribution is 7.00. The van der Waals surface area contributed by atoms with Crippen LogP contribution in [0.4, 0.5) is 51.2 Å². The van der Waals surface area contributed by atoms with Gasteiger partial charge in [-0.2, -0.15) is 0 Å². The minimum atomic E-state index is -0.100. The molecule has 3 aliphatic rings. The van der Waals surface area contributed by atoms with Crippen LogP contribution in [0.3, 0.4) is 0 Å². The molecule has 372 valence electrons. The molecule has 78 heavy (non-hydrogen) atoms. The zero-order chi connectivity index (χ0) is 52.3. The highest BCUT2D eigenvalue weighted by atomic mass is 15.2. The SMILES string of the molecule is CC(C)(C)c1ccc2c(c1)c1cc(C(C)(C)C)ccc1n2-c1ccc2c(c1)N(c1cccc3ccccc13)c1cc(N(c3ccccc3)c3ccccc3)cc3c1B2c1cccc2c1N3c1cccc3c4ccccc4n-2c13. The topological polar surface area (TPSA) is 19.6 Å². The molecular formula is C72H56BN5. The highest BCUT2D eigenvalue weighted by Gasteiger charge is 2.47. The van der Waals surface area contributed by atoms with Crippen LogP contribution >= 0.6 is 0 Å². The van der Waals surface area contributed by atoms with Crippen molar-refractivity contribution in [2.75, 3.05) is 14.7 Å². The second-order valence-corrected chi connectivity index (χ2v) is 23.8. The normalized spacial score (nSPS) is 13.4. The van der Waals surface area contributed by atoms with Gasteiger partial charge in [0, 0.05) is 61.1 Å². The van der Waals surface area contributed by atoms with Gasteiger partial charge in [0.25, 0.3) is 6.71 Å². The molecule has 6 heteroatoms. The number of para-hydroxylation sites is 5. The average molecular weight is 1000 g/mol. The van der Waals surface area contributed by atoms with Crippen LogP contribution in [0.25, 0.3) is 65.8 Å². The van der Waals surface area contributed by atoms with Gasteiger partial charge in [-0.1, -0.05) is 175 Å². The molecule has 16 rings (SSSR count). The number of hydrogen-bond acceptors (Lipinski definition) is 3. The van der Waals surface area contributed by atoms with Gasteiger partial charge in [0.05, 0.1) is 50.5 Å². The lowest BCUT2D eigenvalue weighted by atomic mass is 9.33. The summed E-state index contributed by atoms with van der Waals surface area (Å²) >= 11 is 0. The second-order valence-electron chi connectivity index (χ2n) is 23.8.